The van der Waals surface area contributed by atoms with Gasteiger partial charge in [0.25, 0.3) is 0 Å². The highest BCUT2D eigenvalue weighted by Gasteiger charge is 2.19. The second kappa shape index (κ2) is 7.28. The molecule has 1 aromatic heterocycles. The second-order valence-corrected chi connectivity index (χ2v) is 4.99. The Morgan fingerprint density at radius 1 is 1.65 bits per heavy atom. The minimum absolute atomic E-state index is 0. The Morgan fingerprint density at radius 3 is 3.12 bits per heavy atom. The topological polar surface area (TPSA) is 51.4 Å². The van der Waals surface area contributed by atoms with Crippen molar-refractivity contribution in [3.8, 4) is 0 Å². The summed E-state index contributed by atoms with van der Waals surface area (Å²) in [5, 5.41) is 3.38. The number of nitrogens with two attached hydrogens (primary N) is 1. The lowest BCUT2D eigenvalue weighted by Crippen LogP contribution is -2.45. The molecule has 2 heterocycles. The van der Waals surface area contributed by atoms with Gasteiger partial charge in [0.05, 0.1) is 23.4 Å². The number of nitrogens with zero attached hydrogens (tertiary/aromatic N) is 2. The van der Waals surface area contributed by atoms with Gasteiger partial charge in [-0.05, 0) is 6.42 Å². The minimum atomic E-state index is 0. The number of thiazole rings is 1. The van der Waals surface area contributed by atoms with Crippen molar-refractivity contribution < 1.29 is 4.74 Å². The van der Waals surface area contributed by atoms with Gasteiger partial charge >= 0.3 is 0 Å². The zero-order valence-corrected chi connectivity index (χ0v) is 11.7. The maximum atomic E-state index is 5.62. The first-order valence-electron chi connectivity index (χ1n) is 5.79. The lowest BCUT2D eigenvalue weighted by atomic mass is 10.2. The number of halogens is 1. The quantitative estimate of drug-likeness (QED) is 0.901. The minimum Gasteiger partial charge on any atom is -0.374 e. The predicted molar refractivity (Wildman–Crippen MR) is 72.8 cm³/mol. The normalized spacial score (nSPS) is 21.2. The molecule has 98 valence electrons. The molecule has 2 N–H and O–H groups in total. The fraction of sp³-hybridized carbons (Fsp3) is 0.727. The number of morpholine rings is 1. The number of aromatic nitrogens is 1. The van der Waals surface area contributed by atoms with E-state index in [-0.39, 0.29) is 18.5 Å². The van der Waals surface area contributed by atoms with Crippen LogP contribution in [-0.2, 0) is 17.7 Å². The maximum absolute atomic E-state index is 5.62. The number of hydrogen-bond donors (Lipinski definition) is 1. The van der Waals surface area contributed by atoms with E-state index < -0.39 is 0 Å². The van der Waals surface area contributed by atoms with Crippen molar-refractivity contribution in [1.82, 2.24) is 9.88 Å². The van der Waals surface area contributed by atoms with Gasteiger partial charge in [0.15, 0.2) is 0 Å². The van der Waals surface area contributed by atoms with Gasteiger partial charge in [-0.15, -0.1) is 23.7 Å². The van der Waals surface area contributed by atoms with Crippen molar-refractivity contribution in [3.63, 3.8) is 0 Å². The second-order valence-electron chi connectivity index (χ2n) is 4.05. The fourth-order valence-corrected chi connectivity index (χ4v) is 2.62. The summed E-state index contributed by atoms with van der Waals surface area (Å²) in [6.45, 7) is 6.36. The first kappa shape index (κ1) is 14.9. The summed E-state index contributed by atoms with van der Waals surface area (Å²) in [4.78, 5) is 6.95. The lowest BCUT2D eigenvalue weighted by Gasteiger charge is -2.31. The Bertz CT molecular complexity index is 334. The summed E-state index contributed by atoms with van der Waals surface area (Å²) in [5.74, 6) is 0. The Hall–Kier alpha value is -0.200. The van der Waals surface area contributed by atoms with E-state index in [0.29, 0.717) is 6.54 Å². The van der Waals surface area contributed by atoms with Crippen molar-refractivity contribution in [1.29, 1.82) is 0 Å². The smallest absolute Gasteiger partial charge is 0.0926 e. The zero-order chi connectivity index (χ0) is 11.4. The molecule has 6 heteroatoms. The molecule has 17 heavy (non-hydrogen) atoms. The molecule has 1 fully saturated rings. The first-order valence-corrected chi connectivity index (χ1v) is 6.67. The van der Waals surface area contributed by atoms with E-state index in [1.165, 1.54) is 10.7 Å². The van der Waals surface area contributed by atoms with Crippen LogP contribution in [0.2, 0.25) is 0 Å². The van der Waals surface area contributed by atoms with E-state index in [9.17, 15) is 0 Å². The third-order valence-corrected chi connectivity index (χ3v) is 3.82. The molecule has 1 atom stereocenters. The Balaban J connectivity index is 0.00000144. The molecule has 1 aliphatic rings. The van der Waals surface area contributed by atoms with Crippen LogP contribution in [0.1, 0.15) is 17.6 Å². The van der Waals surface area contributed by atoms with Gasteiger partial charge in [0.1, 0.15) is 0 Å². The van der Waals surface area contributed by atoms with Gasteiger partial charge in [0, 0.05) is 31.6 Å². The van der Waals surface area contributed by atoms with Crippen LogP contribution in [0, 0.1) is 0 Å². The Kier molecular flexibility index (Phi) is 6.37. The van der Waals surface area contributed by atoms with E-state index >= 15 is 0 Å². The van der Waals surface area contributed by atoms with E-state index in [2.05, 4.69) is 22.2 Å². The highest BCUT2D eigenvalue weighted by molar-refractivity contribution is 7.09. The van der Waals surface area contributed by atoms with Crippen LogP contribution in [0.15, 0.2) is 5.38 Å². The van der Waals surface area contributed by atoms with Crippen LogP contribution < -0.4 is 5.73 Å². The van der Waals surface area contributed by atoms with E-state index in [4.69, 9.17) is 10.5 Å². The van der Waals surface area contributed by atoms with Gasteiger partial charge in [0.2, 0.25) is 0 Å². The molecule has 1 unspecified atom stereocenters. The zero-order valence-electron chi connectivity index (χ0n) is 10.1. The van der Waals surface area contributed by atoms with E-state index in [1.54, 1.807) is 11.3 Å². The van der Waals surface area contributed by atoms with Crippen molar-refractivity contribution in [2.45, 2.75) is 26.0 Å². The number of ether oxygens (including phenoxy) is 1. The molecule has 1 saturated heterocycles. The lowest BCUT2D eigenvalue weighted by molar-refractivity contribution is -0.0263. The molecule has 2 rings (SSSR count). The molecule has 0 aromatic carbocycles. The average Bonchev–Trinajstić information content (AvgIpc) is 2.77. The van der Waals surface area contributed by atoms with Crippen molar-refractivity contribution >= 4 is 23.7 Å². The van der Waals surface area contributed by atoms with E-state index in [0.717, 1.165) is 32.7 Å². The monoisotopic (exact) mass is 277 g/mol. The summed E-state index contributed by atoms with van der Waals surface area (Å²) in [6.07, 6.45) is 1.22. The van der Waals surface area contributed by atoms with Crippen LogP contribution in [-0.4, -0.2) is 42.2 Å². The summed E-state index contributed by atoms with van der Waals surface area (Å²) in [5.41, 5.74) is 6.80. The Morgan fingerprint density at radius 2 is 2.47 bits per heavy atom. The molecule has 0 aliphatic carbocycles. The summed E-state index contributed by atoms with van der Waals surface area (Å²) in [6, 6.07) is 0. The summed E-state index contributed by atoms with van der Waals surface area (Å²) >= 11 is 1.75. The van der Waals surface area contributed by atoms with Crippen LogP contribution in [0.3, 0.4) is 0 Å². The van der Waals surface area contributed by atoms with Crippen molar-refractivity contribution in [2.75, 3.05) is 26.2 Å². The van der Waals surface area contributed by atoms with Gasteiger partial charge in [-0.1, -0.05) is 6.92 Å². The number of hydrogen-bond acceptors (Lipinski definition) is 5. The highest BCUT2D eigenvalue weighted by atomic mass is 35.5. The number of rotatable bonds is 4. The molecule has 0 amide bonds. The molecule has 0 saturated carbocycles. The highest BCUT2D eigenvalue weighted by Crippen LogP contribution is 2.14. The molecule has 0 spiro atoms. The van der Waals surface area contributed by atoms with Crippen molar-refractivity contribution in [2.24, 2.45) is 5.73 Å². The third kappa shape index (κ3) is 4.19. The standard InChI is InChI=1S/C11H19N3OS.ClH/c1-2-11-13-9(8-16-11)6-14-3-4-15-10(5-12)7-14;/h8,10H,2-7,12H2,1H3;1H. The first-order chi connectivity index (χ1) is 7.81. The molecule has 4 nitrogen and oxygen atoms in total. The van der Waals surface area contributed by atoms with Crippen LogP contribution in [0.25, 0.3) is 0 Å². The van der Waals surface area contributed by atoms with Crippen LogP contribution in [0.4, 0.5) is 0 Å². The van der Waals surface area contributed by atoms with Gasteiger partial charge in [-0.2, -0.15) is 0 Å². The third-order valence-electron chi connectivity index (χ3n) is 2.77. The SMILES string of the molecule is CCc1nc(CN2CCOC(CN)C2)cs1.Cl. The van der Waals surface area contributed by atoms with E-state index in [1.807, 2.05) is 0 Å². The molecule has 1 aliphatic heterocycles. The molecular weight excluding hydrogens is 258 g/mol. The Labute approximate surface area is 113 Å². The average molecular weight is 278 g/mol. The van der Waals surface area contributed by atoms with Crippen LogP contribution in [0.5, 0.6) is 0 Å². The molecule has 0 bridgehead atoms. The van der Waals surface area contributed by atoms with Gasteiger partial charge in [-0.25, -0.2) is 4.98 Å². The predicted octanol–water partition coefficient (Wildman–Crippen LogP) is 1.29. The summed E-state index contributed by atoms with van der Waals surface area (Å²) < 4.78 is 5.54. The van der Waals surface area contributed by atoms with Crippen LogP contribution >= 0.6 is 23.7 Å². The number of aryl methyl sites for hydroxylation is 1. The van der Waals surface area contributed by atoms with Gasteiger partial charge < -0.3 is 10.5 Å². The van der Waals surface area contributed by atoms with Crippen molar-refractivity contribution in [3.05, 3.63) is 16.1 Å². The molecular formula is C11H20ClN3OS. The molecule has 0 radical (unpaired) electrons. The molecule has 1 aromatic rings. The summed E-state index contributed by atoms with van der Waals surface area (Å²) in [7, 11) is 0. The largest absolute Gasteiger partial charge is 0.374 e. The fourth-order valence-electron chi connectivity index (χ4n) is 1.88. The maximum Gasteiger partial charge on any atom is 0.0926 e. The van der Waals surface area contributed by atoms with Gasteiger partial charge in [-0.3, -0.25) is 4.90 Å².